The molecule has 31 heavy (non-hydrogen) atoms. The van der Waals surface area contributed by atoms with Crippen molar-refractivity contribution in [2.45, 2.75) is 38.8 Å². The van der Waals surface area contributed by atoms with E-state index in [0.29, 0.717) is 30.1 Å². The molecule has 1 aliphatic rings. The summed E-state index contributed by atoms with van der Waals surface area (Å²) < 4.78 is 18.2. The second-order valence-corrected chi connectivity index (χ2v) is 8.09. The minimum atomic E-state index is -0.352. The van der Waals surface area contributed by atoms with Crippen LogP contribution in [0.25, 0.3) is 16.8 Å². The van der Waals surface area contributed by atoms with Gasteiger partial charge in [0, 0.05) is 13.0 Å². The van der Waals surface area contributed by atoms with E-state index in [2.05, 4.69) is 15.3 Å². The number of fused-ring (bicyclic) bond motifs is 1. The second kappa shape index (κ2) is 9.07. The molecular formula is C21H23ClN4O5. The number of hydrogen-bond donors (Lipinski definition) is 1. The minimum Gasteiger partial charge on any atom is -0.476 e. The number of para-hydroxylation sites is 1. The Balaban J connectivity index is 1.34. The molecule has 1 fully saturated rings. The topological polar surface area (TPSA) is 108 Å². The summed E-state index contributed by atoms with van der Waals surface area (Å²) in [7, 11) is 0. The van der Waals surface area contributed by atoms with Gasteiger partial charge in [-0.05, 0) is 37.8 Å². The molecule has 164 valence electrons. The van der Waals surface area contributed by atoms with Gasteiger partial charge < -0.3 is 19.3 Å². The third-order valence-electron chi connectivity index (χ3n) is 5.10. The quantitative estimate of drug-likeness (QED) is 0.566. The molecule has 0 spiro atoms. The van der Waals surface area contributed by atoms with E-state index in [1.54, 1.807) is 24.3 Å². The Morgan fingerprint density at radius 2 is 2.13 bits per heavy atom. The van der Waals surface area contributed by atoms with Crippen molar-refractivity contribution in [3.8, 4) is 11.7 Å². The lowest BCUT2D eigenvalue weighted by molar-refractivity contribution is -0.120. The zero-order valence-corrected chi connectivity index (χ0v) is 18.0. The molecule has 2 heterocycles. The van der Waals surface area contributed by atoms with Crippen LogP contribution in [0.4, 0.5) is 0 Å². The number of halogens is 1. The highest BCUT2D eigenvalue weighted by Crippen LogP contribution is 2.32. The Morgan fingerprint density at radius 1 is 1.35 bits per heavy atom. The van der Waals surface area contributed by atoms with E-state index in [1.165, 1.54) is 13.3 Å². The van der Waals surface area contributed by atoms with Gasteiger partial charge >= 0.3 is 0 Å². The first kappa shape index (κ1) is 21.3. The molecule has 1 saturated carbocycles. The fourth-order valence-electron chi connectivity index (χ4n) is 3.51. The molecule has 1 aromatic carbocycles. The third-order valence-corrected chi connectivity index (χ3v) is 5.43. The average molecular weight is 447 g/mol. The molecule has 1 atom stereocenters. The lowest BCUT2D eigenvalue weighted by atomic mass is 9.83. The summed E-state index contributed by atoms with van der Waals surface area (Å²) in [6.07, 6.45) is 3.14. The molecule has 1 aliphatic carbocycles. The van der Waals surface area contributed by atoms with E-state index in [9.17, 15) is 9.59 Å². The molecule has 3 aromatic rings. The lowest BCUT2D eigenvalue weighted by Crippen LogP contribution is -2.40. The van der Waals surface area contributed by atoms with Gasteiger partial charge in [-0.2, -0.15) is 0 Å². The number of hydrogen-bond acceptors (Lipinski definition) is 7. The Labute approximate surface area is 183 Å². The predicted octanol–water partition coefficient (Wildman–Crippen LogP) is 2.73. The van der Waals surface area contributed by atoms with Gasteiger partial charge in [0.1, 0.15) is 11.3 Å². The summed E-state index contributed by atoms with van der Waals surface area (Å²) in [6.45, 7) is 4.29. The van der Waals surface area contributed by atoms with Gasteiger partial charge in [0.15, 0.2) is 11.4 Å². The van der Waals surface area contributed by atoms with E-state index < -0.39 is 0 Å². The summed E-state index contributed by atoms with van der Waals surface area (Å²) in [4.78, 5) is 31.8. The predicted molar refractivity (Wildman–Crippen MR) is 114 cm³/mol. The maximum absolute atomic E-state index is 12.6. The van der Waals surface area contributed by atoms with Crippen LogP contribution >= 0.6 is 11.6 Å². The van der Waals surface area contributed by atoms with Crippen LogP contribution in [0.5, 0.6) is 5.88 Å². The monoisotopic (exact) mass is 446 g/mol. The molecular weight excluding hydrogens is 424 g/mol. The number of carbonyl (C=O) groups excluding carboxylic acids is 1. The zero-order valence-electron chi connectivity index (χ0n) is 17.2. The number of benzene rings is 1. The molecule has 1 N–H and O–H groups in total. The van der Waals surface area contributed by atoms with Crippen molar-refractivity contribution in [3.63, 3.8) is 0 Å². The van der Waals surface area contributed by atoms with E-state index in [0.717, 1.165) is 17.6 Å². The fourth-order valence-corrected chi connectivity index (χ4v) is 3.74. The maximum Gasteiger partial charge on any atom is 0.296 e. The number of ether oxygens (including phenoxy) is 2. The molecule has 9 nitrogen and oxygen atoms in total. The summed E-state index contributed by atoms with van der Waals surface area (Å²) in [6, 6.07) is 6.90. The van der Waals surface area contributed by atoms with Crippen molar-refractivity contribution in [1.29, 1.82) is 0 Å². The van der Waals surface area contributed by atoms with Crippen LogP contribution in [0, 0.1) is 5.92 Å². The summed E-state index contributed by atoms with van der Waals surface area (Å²) in [5, 5.41) is 3.34. The van der Waals surface area contributed by atoms with Crippen LogP contribution in [0.3, 0.4) is 0 Å². The van der Waals surface area contributed by atoms with Crippen LogP contribution < -0.4 is 15.6 Å². The van der Waals surface area contributed by atoms with Gasteiger partial charge in [-0.25, -0.2) is 9.97 Å². The molecule has 0 unspecified atom stereocenters. The standard InChI is InChI=1S/C21H23ClN4O5/c1-12(25-13(2)27)9-29-15-7-14(8-15)10-30-20-18(22)19(23-11-24-20)26-21(28)16-5-3-4-6-17(16)31-26/h3-6,11-12,14-15H,7-10H2,1-2H3,(H,25,27)/t12-,14-,15-/m0/s1. The molecule has 4 rings (SSSR count). The summed E-state index contributed by atoms with van der Waals surface area (Å²) in [5.74, 6) is 0.573. The number of carbonyl (C=O) groups is 1. The van der Waals surface area contributed by atoms with E-state index in [-0.39, 0.29) is 40.3 Å². The Kier molecular flexibility index (Phi) is 6.24. The van der Waals surface area contributed by atoms with Crippen LogP contribution in [-0.4, -0.2) is 46.0 Å². The normalized spacial score (nSPS) is 19.1. The van der Waals surface area contributed by atoms with E-state index in [1.807, 2.05) is 6.92 Å². The Morgan fingerprint density at radius 3 is 2.87 bits per heavy atom. The third kappa shape index (κ3) is 4.72. The molecule has 10 heteroatoms. The Bertz CT molecular complexity index is 1140. The van der Waals surface area contributed by atoms with Crippen LogP contribution in [-0.2, 0) is 9.53 Å². The van der Waals surface area contributed by atoms with Crippen molar-refractivity contribution in [1.82, 2.24) is 20.0 Å². The van der Waals surface area contributed by atoms with Gasteiger partial charge in [0.05, 0.1) is 24.7 Å². The zero-order chi connectivity index (χ0) is 22.0. The number of rotatable bonds is 8. The van der Waals surface area contributed by atoms with Gasteiger partial charge in [-0.3, -0.25) is 9.59 Å². The van der Waals surface area contributed by atoms with E-state index in [4.69, 9.17) is 25.6 Å². The van der Waals surface area contributed by atoms with Gasteiger partial charge in [-0.15, -0.1) is 4.74 Å². The van der Waals surface area contributed by atoms with Crippen molar-refractivity contribution in [3.05, 3.63) is 46.0 Å². The smallest absolute Gasteiger partial charge is 0.296 e. The fraction of sp³-hybridized carbons (Fsp3) is 0.429. The summed E-state index contributed by atoms with van der Waals surface area (Å²) in [5.41, 5.74) is 0.0904. The molecule has 0 saturated heterocycles. The highest BCUT2D eigenvalue weighted by Gasteiger charge is 2.31. The van der Waals surface area contributed by atoms with Crippen molar-refractivity contribution in [2.75, 3.05) is 13.2 Å². The van der Waals surface area contributed by atoms with Crippen LogP contribution in [0.2, 0.25) is 5.02 Å². The number of nitrogens with one attached hydrogen (secondary N) is 1. The van der Waals surface area contributed by atoms with Crippen LogP contribution in [0.1, 0.15) is 26.7 Å². The molecule has 1 amide bonds. The number of aromatic nitrogens is 3. The minimum absolute atomic E-state index is 0.0206. The van der Waals surface area contributed by atoms with Crippen molar-refractivity contribution < 1.29 is 18.8 Å². The number of nitrogens with zero attached hydrogens (tertiary/aromatic N) is 3. The van der Waals surface area contributed by atoms with Gasteiger partial charge in [0.2, 0.25) is 11.8 Å². The highest BCUT2D eigenvalue weighted by molar-refractivity contribution is 6.33. The lowest BCUT2D eigenvalue weighted by Gasteiger charge is -2.35. The Hall–Kier alpha value is -2.91. The van der Waals surface area contributed by atoms with Crippen molar-refractivity contribution in [2.24, 2.45) is 5.92 Å². The van der Waals surface area contributed by atoms with Gasteiger partial charge in [0.25, 0.3) is 5.56 Å². The van der Waals surface area contributed by atoms with E-state index >= 15 is 0 Å². The largest absolute Gasteiger partial charge is 0.476 e. The first-order valence-corrected chi connectivity index (χ1v) is 10.4. The first-order chi connectivity index (χ1) is 14.9. The van der Waals surface area contributed by atoms with Crippen molar-refractivity contribution >= 4 is 28.5 Å². The SMILES string of the molecule is CC(=O)N[C@@H](C)CO[C@H]1C[C@H](COc2ncnc(-n3oc4ccccc4c3=O)c2Cl)C1. The average Bonchev–Trinajstić information content (AvgIpc) is 3.03. The first-order valence-electron chi connectivity index (χ1n) is 10.1. The summed E-state index contributed by atoms with van der Waals surface area (Å²) >= 11 is 6.41. The molecule has 0 aliphatic heterocycles. The highest BCUT2D eigenvalue weighted by atomic mass is 35.5. The maximum atomic E-state index is 12.6. The molecule has 0 bridgehead atoms. The number of amides is 1. The molecule has 2 aromatic heterocycles. The van der Waals surface area contributed by atoms with Gasteiger partial charge in [-0.1, -0.05) is 23.7 Å². The van der Waals surface area contributed by atoms with Crippen LogP contribution in [0.15, 0.2) is 39.9 Å². The molecule has 0 radical (unpaired) electrons. The second-order valence-electron chi connectivity index (χ2n) is 7.71.